The molecule has 0 bridgehead atoms. The van der Waals surface area contributed by atoms with Gasteiger partial charge in [-0.1, -0.05) is 0 Å². The lowest BCUT2D eigenvalue weighted by Crippen LogP contribution is -2.44. The number of halogens is 3. The van der Waals surface area contributed by atoms with Crippen LogP contribution in [0.1, 0.15) is 31.2 Å². The maximum absolute atomic E-state index is 12.5. The van der Waals surface area contributed by atoms with E-state index in [2.05, 4.69) is 5.32 Å². The molecule has 1 saturated carbocycles. The van der Waals surface area contributed by atoms with Gasteiger partial charge in [-0.2, -0.15) is 13.2 Å². The molecule has 0 spiro atoms. The van der Waals surface area contributed by atoms with Crippen molar-refractivity contribution in [2.24, 2.45) is 11.8 Å². The van der Waals surface area contributed by atoms with Crippen molar-refractivity contribution in [3.63, 3.8) is 0 Å². The van der Waals surface area contributed by atoms with Gasteiger partial charge in [-0.25, -0.2) is 0 Å². The van der Waals surface area contributed by atoms with Crippen molar-refractivity contribution in [2.45, 2.75) is 31.9 Å². The van der Waals surface area contributed by atoms with Crippen LogP contribution in [0, 0.1) is 11.8 Å². The Kier molecular flexibility index (Phi) is 5.92. The molecule has 2 fully saturated rings. The predicted molar refractivity (Wildman–Crippen MR) is 92.0 cm³/mol. The van der Waals surface area contributed by atoms with Gasteiger partial charge in [0.05, 0.1) is 12.1 Å². The monoisotopic (exact) mass is 384 g/mol. The lowest BCUT2D eigenvalue weighted by Gasteiger charge is -2.31. The van der Waals surface area contributed by atoms with Crippen LogP contribution in [0.2, 0.25) is 0 Å². The standard InChI is InChI=1S/C19H23F3N2O3/c20-19(21,22)15-3-5-16(6-4-15)27-12-9-23-17(25)13-7-10-24(11-8-13)18(26)14-1-2-14/h3-6,13-14H,1-2,7-12H2,(H,23,25). The van der Waals surface area contributed by atoms with Crippen LogP contribution in [-0.4, -0.2) is 43.0 Å². The average molecular weight is 384 g/mol. The smallest absolute Gasteiger partial charge is 0.416 e. The van der Waals surface area contributed by atoms with Crippen LogP contribution in [0.25, 0.3) is 0 Å². The lowest BCUT2D eigenvalue weighted by molar-refractivity contribution is -0.137. The van der Waals surface area contributed by atoms with E-state index in [1.165, 1.54) is 12.1 Å². The van der Waals surface area contributed by atoms with Crippen LogP contribution in [0.5, 0.6) is 5.75 Å². The molecule has 3 rings (SSSR count). The summed E-state index contributed by atoms with van der Waals surface area (Å²) in [4.78, 5) is 26.1. The predicted octanol–water partition coefficient (Wildman–Crippen LogP) is 2.85. The van der Waals surface area contributed by atoms with Crippen LogP contribution in [0.3, 0.4) is 0 Å². The minimum absolute atomic E-state index is 0.0652. The van der Waals surface area contributed by atoms with Crippen LogP contribution < -0.4 is 10.1 Å². The van der Waals surface area contributed by atoms with Crippen molar-refractivity contribution in [3.05, 3.63) is 29.8 Å². The van der Waals surface area contributed by atoms with Crippen molar-refractivity contribution < 1.29 is 27.5 Å². The number of hydrogen-bond donors (Lipinski definition) is 1. The van der Waals surface area contributed by atoms with E-state index in [0.717, 1.165) is 25.0 Å². The molecule has 0 aromatic heterocycles. The highest BCUT2D eigenvalue weighted by molar-refractivity contribution is 5.82. The number of hydrogen-bond acceptors (Lipinski definition) is 3. The molecule has 1 saturated heterocycles. The molecule has 8 heteroatoms. The highest BCUT2D eigenvalue weighted by atomic mass is 19.4. The number of piperidine rings is 1. The number of carbonyl (C=O) groups is 2. The van der Waals surface area contributed by atoms with Gasteiger partial charge in [0.1, 0.15) is 12.4 Å². The summed E-state index contributed by atoms with van der Waals surface area (Å²) in [7, 11) is 0. The molecular formula is C19H23F3N2O3. The summed E-state index contributed by atoms with van der Waals surface area (Å²) >= 11 is 0. The second kappa shape index (κ2) is 8.19. The molecule has 2 amide bonds. The summed E-state index contributed by atoms with van der Waals surface area (Å²) < 4.78 is 42.8. The largest absolute Gasteiger partial charge is 0.492 e. The zero-order chi connectivity index (χ0) is 19.4. The first kappa shape index (κ1) is 19.5. The number of alkyl halides is 3. The molecule has 148 valence electrons. The van der Waals surface area contributed by atoms with Crippen molar-refractivity contribution in [1.82, 2.24) is 10.2 Å². The van der Waals surface area contributed by atoms with Crippen molar-refractivity contribution in [1.29, 1.82) is 0 Å². The molecule has 1 aliphatic carbocycles. The van der Waals surface area contributed by atoms with Gasteiger partial charge in [0.15, 0.2) is 0 Å². The van der Waals surface area contributed by atoms with E-state index in [1.54, 1.807) is 0 Å². The molecule has 0 radical (unpaired) electrons. The summed E-state index contributed by atoms with van der Waals surface area (Å²) in [5.74, 6) is 0.574. The third-order valence-corrected chi connectivity index (χ3v) is 4.96. The number of nitrogens with one attached hydrogen (secondary N) is 1. The van der Waals surface area contributed by atoms with E-state index >= 15 is 0 Å². The molecule has 27 heavy (non-hydrogen) atoms. The van der Waals surface area contributed by atoms with E-state index in [0.29, 0.717) is 31.7 Å². The van der Waals surface area contributed by atoms with Gasteiger partial charge in [0, 0.05) is 24.9 Å². The summed E-state index contributed by atoms with van der Waals surface area (Å²) in [5.41, 5.74) is -0.727. The summed E-state index contributed by atoms with van der Waals surface area (Å²) in [6.45, 7) is 1.70. The molecule has 1 aromatic carbocycles. The van der Waals surface area contributed by atoms with E-state index < -0.39 is 11.7 Å². The Hall–Kier alpha value is -2.25. The van der Waals surface area contributed by atoms with E-state index in [9.17, 15) is 22.8 Å². The van der Waals surface area contributed by atoms with Crippen molar-refractivity contribution >= 4 is 11.8 Å². The number of carbonyl (C=O) groups excluding carboxylic acids is 2. The Labute approximate surface area is 155 Å². The second-order valence-corrected chi connectivity index (χ2v) is 7.04. The molecule has 1 aromatic rings. The maximum atomic E-state index is 12.5. The zero-order valence-electron chi connectivity index (χ0n) is 14.9. The van der Waals surface area contributed by atoms with Crippen LogP contribution >= 0.6 is 0 Å². The third-order valence-electron chi connectivity index (χ3n) is 4.96. The van der Waals surface area contributed by atoms with Gasteiger partial charge >= 0.3 is 6.18 Å². The van der Waals surface area contributed by atoms with E-state index in [1.807, 2.05) is 4.90 Å². The summed E-state index contributed by atoms with van der Waals surface area (Å²) in [6, 6.07) is 4.45. The number of benzene rings is 1. The van der Waals surface area contributed by atoms with Gasteiger partial charge in [0.2, 0.25) is 11.8 Å². The molecule has 2 aliphatic rings. The van der Waals surface area contributed by atoms with Gasteiger partial charge in [-0.15, -0.1) is 0 Å². The van der Waals surface area contributed by atoms with Gasteiger partial charge < -0.3 is 15.0 Å². The Morgan fingerprint density at radius 2 is 1.67 bits per heavy atom. The molecule has 1 aliphatic heterocycles. The first-order valence-electron chi connectivity index (χ1n) is 9.21. The SMILES string of the molecule is O=C(NCCOc1ccc(C(F)(F)F)cc1)C1CCN(C(=O)C2CC2)CC1. The third kappa shape index (κ3) is 5.37. The van der Waals surface area contributed by atoms with Crippen molar-refractivity contribution in [2.75, 3.05) is 26.2 Å². The van der Waals surface area contributed by atoms with E-state index in [-0.39, 0.29) is 36.8 Å². The Morgan fingerprint density at radius 3 is 2.22 bits per heavy atom. The van der Waals surface area contributed by atoms with Gasteiger partial charge in [-0.05, 0) is 49.9 Å². The first-order valence-corrected chi connectivity index (χ1v) is 9.21. The lowest BCUT2D eigenvalue weighted by atomic mass is 9.95. The minimum Gasteiger partial charge on any atom is -0.492 e. The fourth-order valence-corrected chi connectivity index (χ4v) is 3.18. The molecule has 5 nitrogen and oxygen atoms in total. The molecule has 1 N–H and O–H groups in total. The molecular weight excluding hydrogens is 361 g/mol. The second-order valence-electron chi connectivity index (χ2n) is 7.04. The minimum atomic E-state index is -4.37. The number of amides is 2. The molecule has 0 atom stereocenters. The normalized spacial score (nSPS) is 18.3. The number of likely N-dealkylation sites (tertiary alicyclic amines) is 1. The van der Waals surface area contributed by atoms with Gasteiger partial charge in [0.25, 0.3) is 0 Å². The summed E-state index contributed by atoms with van der Waals surface area (Å²) in [5, 5.41) is 2.79. The number of nitrogens with zero attached hydrogens (tertiary/aromatic N) is 1. The topological polar surface area (TPSA) is 58.6 Å². The molecule has 0 unspecified atom stereocenters. The quantitative estimate of drug-likeness (QED) is 0.768. The van der Waals surface area contributed by atoms with Crippen LogP contribution in [-0.2, 0) is 15.8 Å². The summed E-state index contributed by atoms with van der Waals surface area (Å²) in [6.07, 6.45) is -1.09. The van der Waals surface area contributed by atoms with E-state index in [4.69, 9.17) is 4.74 Å². The van der Waals surface area contributed by atoms with Crippen LogP contribution in [0.15, 0.2) is 24.3 Å². The molecule has 1 heterocycles. The zero-order valence-corrected chi connectivity index (χ0v) is 14.9. The number of rotatable bonds is 6. The fourth-order valence-electron chi connectivity index (χ4n) is 3.18. The Morgan fingerprint density at radius 1 is 1.04 bits per heavy atom. The van der Waals surface area contributed by atoms with Crippen molar-refractivity contribution in [3.8, 4) is 5.75 Å². The fraction of sp³-hybridized carbons (Fsp3) is 0.579. The number of ether oxygens (including phenoxy) is 1. The Bertz CT molecular complexity index is 664. The highest BCUT2D eigenvalue weighted by Gasteiger charge is 2.36. The average Bonchev–Trinajstić information content (AvgIpc) is 3.49. The maximum Gasteiger partial charge on any atom is 0.416 e. The first-order chi connectivity index (χ1) is 12.8. The Balaban J connectivity index is 1.33. The highest BCUT2D eigenvalue weighted by Crippen LogP contribution is 2.32. The van der Waals surface area contributed by atoms with Gasteiger partial charge in [-0.3, -0.25) is 9.59 Å². The van der Waals surface area contributed by atoms with Crippen LogP contribution in [0.4, 0.5) is 13.2 Å².